The van der Waals surface area contributed by atoms with Crippen LogP contribution in [0.4, 0.5) is 4.79 Å². The van der Waals surface area contributed by atoms with Gasteiger partial charge in [-0.2, -0.15) is 0 Å². The Morgan fingerprint density at radius 3 is 2.79 bits per heavy atom. The Balaban J connectivity index is 1.47. The number of nitrogens with zero attached hydrogens (tertiary/aromatic N) is 2. The third-order valence-corrected chi connectivity index (χ3v) is 5.46. The first-order valence-corrected chi connectivity index (χ1v) is 10.5. The molecule has 0 saturated carbocycles. The Morgan fingerprint density at radius 1 is 1.14 bits per heavy atom. The Labute approximate surface area is 168 Å². The summed E-state index contributed by atoms with van der Waals surface area (Å²) in [7, 11) is 0. The number of amides is 2. The lowest BCUT2D eigenvalue weighted by Gasteiger charge is -2.27. The molecule has 1 N–H and O–H groups in total. The van der Waals surface area contributed by atoms with E-state index >= 15 is 0 Å². The lowest BCUT2D eigenvalue weighted by atomic mass is 9.88. The van der Waals surface area contributed by atoms with E-state index < -0.39 is 0 Å². The van der Waals surface area contributed by atoms with Crippen molar-refractivity contribution in [3.8, 4) is 0 Å². The van der Waals surface area contributed by atoms with Gasteiger partial charge in [-0.15, -0.1) is 0 Å². The van der Waals surface area contributed by atoms with E-state index in [4.69, 9.17) is 4.74 Å². The molecule has 0 radical (unpaired) electrons. The molecule has 6 nitrogen and oxygen atoms in total. The van der Waals surface area contributed by atoms with E-state index in [1.807, 2.05) is 19.9 Å². The van der Waals surface area contributed by atoms with Crippen molar-refractivity contribution in [2.75, 3.05) is 39.3 Å². The zero-order valence-corrected chi connectivity index (χ0v) is 17.2. The lowest BCUT2D eigenvalue weighted by molar-refractivity contribution is -0.123. The average molecular weight is 388 g/mol. The minimum atomic E-state index is -0.237. The molecule has 1 unspecified atom stereocenters. The minimum absolute atomic E-state index is 0.0672. The van der Waals surface area contributed by atoms with Crippen LogP contribution in [-0.2, 0) is 16.0 Å². The highest BCUT2D eigenvalue weighted by atomic mass is 16.6. The van der Waals surface area contributed by atoms with E-state index in [1.165, 1.54) is 11.1 Å². The maximum atomic E-state index is 12.6. The number of carbonyl (C=O) groups excluding carboxylic acids is 2. The molecule has 154 valence electrons. The highest BCUT2D eigenvalue weighted by molar-refractivity contribution is 5.78. The quantitative estimate of drug-likeness (QED) is 0.844. The molecule has 0 bridgehead atoms. The maximum absolute atomic E-state index is 12.6. The van der Waals surface area contributed by atoms with Gasteiger partial charge in [-0.05, 0) is 42.7 Å². The predicted octanol–water partition coefficient (Wildman–Crippen LogP) is 2.98. The fourth-order valence-electron chi connectivity index (χ4n) is 3.99. The third-order valence-electron chi connectivity index (χ3n) is 5.46. The number of hydrogen-bond donors (Lipinski definition) is 1. The summed E-state index contributed by atoms with van der Waals surface area (Å²) in [6, 6.07) is 8.52. The average Bonchev–Trinajstić information content (AvgIpc) is 2.92. The topological polar surface area (TPSA) is 61.9 Å². The Morgan fingerprint density at radius 2 is 1.96 bits per heavy atom. The van der Waals surface area contributed by atoms with Crippen LogP contribution >= 0.6 is 0 Å². The summed E-state index contributed by atoms with van der Waals surface area (Å²) < 4.78 is 5.34. The molecule has 1 aromatic carbocycles. The van der Waals surface area contributed by atoms with Crippen LogP contribution < -0.4 is 5.32 Å². The zero-order chi connectivity index (χ0) is 19.9. The van der Waals surface area contributed by atoms with Gasteiger partial charge in [0.15, 0.2) is 0 Å². The van der Waals surface area contributed by atoms with Gasteiger partial charge in [-0.3, -0.25) is 9.69 Å². The van der Waals surface area contributed by atoms with Gasteiger partial charge < -0.3 is 15.0 Å². The van der Waals surface area contributed by atoms with Gasteiger partial charge in [-0.1, -0.05) is 38.1 Å². The van der Waals surface area contributed by atoms with Crippen LogP contribution in [-0.4, -0.2) is 61.1 Å². The number of fused-ring (bicyclic) bond motifs is 1. The second-order valence-electron chi connectivity index (χ2n) is 8.30. The lowest BCUT2D eigenvalue weighted by Crippen LogP contribution is -2.41. The van der Waals surface area contributed by atoms with Gasteiger partial charge >= 0.3 is 6.09 Å². The first-order chi connectivity index (χ1) is 13.5. The molecule has 1 aliphatic heterocycles. The van der Waals surface area contributed by atoms with E-state index in [-0.39, 0.29) is 18.0 Å². The van der Waals surface area contributed by atoms with Crippen molar-refractivity contribution in [2.24, 2.45) is 5.92 Å². The largest absolute Gasteiger partial charge is 0.449 e. The predicted molar refractivity (Wildman–Crippen MR) is 109 cm³/mol. The van der Waals surface area contributed by atoms with Gasteiger partial charge in [0.05, 0.1) is 19.2 Å². The molecule has 1 aliphatic carbocycles. The van der Waals surface area contributed by atoms with E-state index in [2.05, 4.69) is 28.4 Å². The fourth-order valence-corrected chi connectivity index (χ4v) is 3.99. The molecule has 1 saturated heterocycles. The van der Waals surface area contributed by atoms with Crippen LogP contribution in [0, 0.1) is 5.92 Å². The fraction of sp³-hybridized carbons (Fsp3) is 0.636. The number of hydrogen-bond acceptors (Lipinski definition) is 4. The summed E-state index contributed by atoms with van der Waals surface area (Å²) in [6.45, 7) is 7.70. The summed E-state index contributed by atoms with van der Waals surface area (Å²) >= 11 is 0. The number of carbonyl (C=O) groups is 2. The molecule has 2 amide bonds. The molecule has 3 rings (SSSR count). The van der Waals surface area contributed by atoms with Crippen molar-refractivity contribution in [3.63, 3.8) is 0 Å². The zero-order valence-electron chi connectivity index (χ0n) is 17.2. The molecule has 0 aromatic heterocycles. The van der Waals surface area contributed by atoms with Crippen molar-refractivity contribution in [1.82, 2.24) is 15.1 Å². The summed E-state index contributed by atoms with van der Waals surface area (Å²) in [6.07, 6.45) is 3.82. The van der Waals surface area contributed by atoms with Crippen molar-refractivity contribution in [2.45, 2.75) is 45.6 Å². The summed E-state index contributed by atoms with van der Waals surface area (Å²) in [5, 5.41) is 3.22. The maximum Gasteiger partial charge on any atom is 0.409 e. The first kappa shape index (κ1) is 20.6. The normalized spacial score (nSPS) is 20.4. The molecule has 28 heavy (non-hydrogen) atoms. The molecule has 0 spiro atoms. The van der Waals surface area contributed by atoms with Gasteiger partial charge in [0.2, 0.25) is 5.91 Å². The SMILES string of the molecule is CC(C)COC(=O)N1CCCN(CC(=O)NC2CCCc3ccccc32)CC1. The van der Waals surface area contributed by atoms with Crippen LogP contribution in [0.1, 0.15) is 50.3 Å². The van der Waals surface area contributed by atoms with Crippen molar-refractivity contribution >= 4 is 12.0 Å². The number of ether oxygens (including phenoxy) is 1. The van der Waals surface area contributed by atoms with Gasteiger partial charge in [-0.25, -0.2) is 4.79 Å². The molecular weight excluding hydrogens is 354 g/mol. The van der Waals surface area contributed by atoms with Crippen LogP contribution in [0.5, 0.6) is 0 Å². The minimum Gasteiger partial charge on any atom is -0.449 e. The molecule has 1 aromatic rings. The Hall–Kier alpha value is -2.08. The van der Waals surface area contributed by atoms with Crippen molar-refractivity contribution in [3.05, 3.63) is 35.4 Å². The van der Waals surface area contributed by atoms with Crippen molar-refractivity contribution in [1.29, 1.82) is 0 Å². The van der Waals surface area contributed by atoms with Crippen LogP contribution in [0.2, 0.25) is 0 Å². The number of rotatable bonds is 5. The van der Waals surface area contributed by atoms with Crippen LogP contribution in [0.3, 0.4) is 0 Å². The highest BCUT2D eigenvalue weighted by Crippen LogP contribution is 2.29. The monoisotopic (exact) mass is 387 g/mol. The Bertz CT molecular complexity index is 677. The van der Waals surface area contributed by atoms with Gasteiger partial charge in [0.25, 0.3) is 0 Å². The van der Waals surface area contributed by atoms with Crippen molar-refractivity contribution < 1.29 is 14.3 Å². The molecule has 1 fully saturated rings. The molecular formula is C22H33N3O3. The second kappa shape index (κ2) is 9.92. The van der Waals surface area contributed by atoms with Crippen LogP contribution in [0.15, 0.2) is 24.3 Å². The van der Waals surface area contributed by atoms with E-state index in [0.717, 1.165) is 32.2 Å². The summed E-state index contributed by atoms with van der Waals surface area (Å²) in [5.74, 6) is 0.401. The number of aryl methyl sites for hydroxylation is 1. The second-order valence-corrected chi connectivity index (χ2v) is 8.30. The molecule has 2 aliphatic rings. The first-order valence-electron chi connectivity index (χ1n) is 10.5. The highest BCUT2D eigenvalue weighted by Gasteiger charge is 2.24. The number of nitrogens with one attached hydrogen (secondary N) is 1. The van der Waals surface area contributed by atoms with E-state index in [1.54, 1.807) is 4.90 Å². The molecule has 1 heterocycles. The van der Waals surface area contributed by atoms with Crippen LogP contribution in [0.25, 0.3) is 0 Å². The summed E-state index contributed by atoms with van der Waals surface area (Å²) in [5.41, 5.74) is 2.61. The van der Waals surface area contributed by atoms with Gasteiger partial charge in [0.1, 0.15) is 0 Å². The third kappa shape index (κ3) is 5.71. The smallest absolute Gasteiger partial charge is 0.409 e. The molecule has 1 atom stereocenters. The van der Waals surface area contributed by atoms with Gasteiger partial charge in [0, 0.05) is 26.2 Å². The number of benzene rings is 1. The molecule has 6 heteroatoms. The van der Waals surface area contributed by atoms with E-state index in [0.29, 0.717) is 38.7 Å². The summed E-state index contributed by atoms with van der Waals surface area (Å²) in [4.78, 5) is 28.7. The Kier molecular flexibility index (Phi) is 7.31. The van der Waals surface area contributed by atoms with E-state index in [9.17, 15) is 9.59 Å². The standard InChI is InChI=1S/C22H33N3O3/c1-17(2)16-28-22(27)25-12-6-11-24(13-14-25)15-21(26)23-20-10-5-8-18-7-3-4-9-19(18)20/h3-4,7,9,17,20H,5-6,8,10-16H2,1-2H3,(H,23,26).